The lowest BCUT2D eigenvalue weighted by Crippen LogP contribution is -2.45. The molecule has 1 saturated heterocycles. The van der Waals surface area contributed by atoms with Gasteiger partial charge in [-0.25, -0.2) is 14.2 Å². The Bertz CT molecular complexity index is 308. The molecule has 84 valence electrons. The van der Waals surface area contributed by atoms with Gasteiger partial charge in [0.05, 0.1) is 0 Å². The summed E-state index contributed by atoms with van der Waals surface area (Å²) in [6, 6.07) is 0.0515. The summed E-state index contributed by atoms with van der Waals surface area (Å²) in [7, 11) is 0. The van der Waals surface area contributed by atoms with Crippen LogP contribution in [0.2, 0.25) is 0 Å². The number of amidine groups is 1. The molecule has 0 saturated carbocycles. The molecule has 2 aliphatic rings. The van der Waals surface area contributed by atoms with E-state index in [9.17, 15) is 9.18 Å². The molecular weight excluding hydrogens is 201 g/mol. The number of fused-ring (bicyclic) bond motifs is 1. The van der Waals surface area contributed by atoms with Crippen molar-refractivity contribution in [3.63, 3.8) is 0 Å². The highest BCUT2D eigenvalue weighted by molar-refractivity contribution is 6.34. The minimum absolute atomic E-state index is 0.0515. The lowest BCUT2D eigenvalue weighted by molar-refractivity contribution is -0.129. The average Bonchev–Trinajstić information content (AvgIpc) is 2.70. The molecule has 2 rings (SSSR count). The summed E-state index contributed by atoms with van der Waals surface area (Å²) in [5, 5.41) is 10.4. The third kappa shape index (κ3) is 1.69. The zero-order valence-electron chi connectivity index (χ0n) is 8.48. The third-order valence-corrected chi connectivity index (χ3v) is 2.82. The highest BCUT2D eigenvalue weighted by Gasteiger charge is 2.46. The second-order valence-electron chi connectivity index (χ2n) is 3.91. The highest BCUT2D eigenvalue weighted by Crippen LogP contribution is 2.31. The van der Waals surface area contributed by atoms with Crippen molar-refractivity contribution in [2.24, 2.45) is 4.99 Å². The fourth-order valence-electron chi connectivity index (χ4n) is 2.16. The van der Waals surface area contributed by atoms with Crippen molar-refractivity contribution in [2.45, 2.75) is 44.6 Å². The maximum Gasteiger partial charge on any atom is 0.372 e. The Morgan fingerprint density at radius 3 is 3.13 bits per heavy atom. The Kier molecular flexibility index (Phi) is 2.60. The number of hydrogen-bond donors (Lipinski definition) is 2. The summed E-state index contributed by atoms with van der Waals surface area (Å²) in [6.07, 6.45) is 0.525. The van der Waals surface area contributed by atoms with Gasteiger partial charge in [0.1, 0.15) is 6.17 Å². The number of carbonyl (C=O) groups is 1. The number of carboxylic acid groups (broad SMARTS) is 1. The van der Waals surface area contributed by atoms with E-state index in [4.69, 9.17) is 5.11 Å². The number of halogens is 1. The molecule has 5 nitrogen and oxygen atoms in total. The van der Waals surface area contributed by atoms with Crippen molar-refractivity contribution < 1.29 is 14.3 Å². The van der Waals surface area contributed by atoms with Gasteiger partial charge in [-0.1, -0.05) is 13.3 Å². The largest absolute Gasteiger partial charge is 0.475 e. The second kappa shape index (κ2) is 3.77. The summed E-state index contributed by atoms with van der Waals surface area (Å²) >= 11 is 0. The van der Waals surface area contributed by atoms with Gasteiger partial charge in [-0.3, -0.25) is 5.43 Å². The standard InChI is InChI=1S/C9H14FN3O2/c1-2-3-5-4-6(10)8-11-7(9(14)15)12-13(5)8/h5-6,8H,2-4H2,1H3,(H,11,12)(H,14,15). The first-order valence-corrected chi connectivity index (χ1v) is 5.13. The number of nitrogens with one attached hydrogen (secondary N) is 1. The van der Waals surface area contributed by atoms with Gasteiger partial charge in [0.15, 0.2) is 6.17 Å². The Morgan fingerprint density at radius 1 is 1.80 bits per heavy atom. The van der Waals surface area contributed by atoms with Crippen molar-refractivity contribution in [1.29, 1.82) is 0 Å². The minimum atomic E-state index is -1.13. The van der Waals surface area contributed by atoms with Gasteiger partial charge in [0.25, 0.3) is 0 Å². The Balaban J connectivity index is 2.10. The van der Waals surface area contributed by atoms with Crippen LogP contribution in [0.3, 0.4) is 0 Å². The van der Waals surface area contributed by atoms with Crippen LogP contribution in [0.15, 0.2) is 4.99 Å². The van der Waals surface area contributed by atoms with Gasteiger partial charge >= 0.3 is 5.97 Å². The molecule has 0 aromatic heterocycles. The van der Waals surface area contributed by atoms with E-state index in [1.807, 2.05) is 6.92 Å². The summed E-state index contributed by atoms with van der Waals surface area (Å²) < 4.78 is 13.5. The fourth-order valence-corrected chi connectivity index (χ4v) is 2.16. The number of rotatable bonds is 3. The third-order valence-electron chi connectivity index (χ3n) is 2.82. The van der Waals surface area contributed by atoms with Gasteiger partial charge in [-0.15, -0.1) is 0 Å². The van der Waals surface area contributed by atoms with Crippen molar-refractivity contribution in [3.05, 3.63) is 0 Å². The number of hydrogen-bond acceptors (Lipinski definition) is 4. The summed E-state index contributed by atoms with van der Waals surface area (Å²) in [5.41, 5.74) is 2.66. The predicted octanol–water partition coefficient (Wildman–Crippen LogP) is 0.526. The molecule has 3 atom stereocenters. The topological polar surface area (TPSA) is 64.9 Å². The van der Waals surface area contributed by atoms with E-state index in [1.165, 1.54) is 0 Å². The Morgan fingerprint density at radius 2 is 2.53 bits per heavy atom. The normalized spacial score (nSPS) is 34.8. The van der Waals surface area contributed by atoms with E-state index >= 15 is 0 Å². The Labute approximate surface area is 86.9 Å². The number of alkyl halides is 1. The van der Waals surface area contributed by atoms with E-state index in [0.717, 1.165) is 12.8 Å². The molecule has 1 fully saturated rings. The molecule has 0 aromatic carbocycles. The molecule has 0 aliphatic carbocycles. The molecule has 2 N–H and O–H groups in total. The molecule has 0 radical (unpaired) electrons. The number of hydrazine groups is 1. The van der Waals surface area contributed by atoms with Crippen molar-refractivity contribution >= 4 is 11.8 Å². The van der Waals surface area contributed by atoms with Crippen molar-refractivity contribution in [3.8, 4) is 0 Å². The molecular formula is C9H14FN3O2. The number of aliphatic imine (C=N–C) groups is 1. The van der Waals surface area contributed by atoms with Crippen LogP contribution < -0.4 is 5.43 Å². The lowest BCUT2D eigenvalue weighted by atomic mass is 10.1. The van der Waals surface area contributed by atoms with Gasteiger partial charge in [0, 0.05) is 6.04 Å². The van der Waals surface area contributed by atoms with Crippen LogP contribution in [0.4, 0.5) is 4.39 Å². The fraction of sp³-hybridized carbons (Fsp3) is 0.778. The van der Waals surface area contributed by atoms with E-state index < -0.39 is 18.3 Å². The van der Waals surface area contributed by atoms with Gasteiger partial charge < -0.3 is 5.11 Å². The first-order valence-electron chi connectivity index (χ1n) is 5.13. The average molecular weight is 215 g/mol. The van der Waals surface area contributed by atoms with E-state index in [0.29, 0.717) is 6.42 Å². The highest BCUT2D eigenvalue weighted by atomic mass is 19.1. The van der Waals surface area contributed by atoms with Crippen LogP contribution in [0.5, 0.6) is 0 Å². The molecule has 2 heterocycles. The maximum absolute atomic E-state index is 13.5. The zero-order chi connectivity index (χ0) is 11.0. The molecule has 3 unspecified atom stereocenters. The van der Waals surface area contributed by atoms with Crippen LogP contribution in [0.25, 0.3) is 0 Å². The van der Waals surface area contributed by atoms with Crippen molar-refractivity contribution in [2.75, 3.05) is 0 Å². The van der Waals surface area contributed by atoms with E-state index in [1.54, 1.807) is 5.01 Å². The van der Waals surface area contributed by atoms with Gasteiger partial charge in [-0.2, -0.15) is 5.01 Å². The van der Waals surface area contributed by atoms with Crippen molar-refractivity contribution in [1.82, 2.24) is 10.4 Å². The van der Waals surface area contributed by atoms with Crippen LogP contribution in [-0.2, 0) is 4.79 Å². The monoisotopic (exact) mass is 215 g/mol. The maximum atomic E-state index is 13.5. The SMILES string of the molecule is CCCC1CC(F)C2N=C(C(=O)O)NN12. The predicted molar refractivity (Wildman–Crippen MR) is 52.0 cm³/mol. The molecule has 15 heavy (non-hydrogen) atoms. The van der Waals surface area contributed by atoms with Crippen LogP contribution in [0, 0.1) is 0 Å². The molecule has 0 amide bonds. The molecule has 6 heteroatoms. The molecule has 2 aliphatic heterocycles. The van der Waals surface area contributed by atoms with E-state index in [2.05, 4.69) is 10.4 Å². The number of aliphatic carboxylic acids is 1. The zero-order valence-corrected chi connectivity index (χ0v) is 8.48. The van der Waals surface area contributed by atoms with Gasteiger partial charge in [0.2, 0.25) is 5.84 Å². The molecule has 0 aromatic rings. The first-order chi connectivity index (χ1) is 7.13. The smallest absolute Gasteiger partial charge is 0.372 e. The number of carboxylic acids is 1. The van der Waals surface area contributed by atoms with E-state index in [-0.39, 0.29) is 11.9 Å². The second-order valence-corrected chi connectivity index (χ2v) is 3.91. The minimum Gasteiger partial charge on any atom is -0.475 e. The number of nitrogens with zero attached hydrogens (tertiary/aromatic N) is 2. The first kappa shape index (κ1) is 10.4. The van der Waals surface area contributed by atoms with Crippen LogP contribution in [-0.4, -0.2) is 40.3 Å². The van der Waals surface area contributed by atoms with Crippen LogP contribution >= 0.6 is 0 Å². The quantitative estimate of drug-likeness (QED) is 0.720. The summed E-state index contributed by atoms with van der Waals surface area (Å²) in [6.45, 7) is 2.02. The lowest BCUT2D eigenvalue weighted by Gasteiger charge is -2.22. The van der Waals surface area contributed by atoms with Gasteiger partial charge in [-0.05, 0) is 12.8 Å². The summed E-state index contributed by atoms with van der Waals surface area (Å²) in [5.74, 6) is -1.28. The van der Waals surface area contributed by atoms with Crippen LogP contribution in [0.1, 0.15) is 26.2 Å². The summed E-state index contributed by atoms with van der Waals surface area (Å²) in [4.78, 5) is 14.5. The Hall–Kier alpha value is -1.17. The molecule has 0 spiro atoms. The molecule has 0 bridgehead atoms.